The van der Waals surface area contributed by atoms with Gasteiger partial charge < -0.3 is 10.5 Å². The molecule has 4 heteroatoms. The summed E-state index contributed by atoms with van der Waals surface area (Å²) in [5.41, 5.74) is 9.03. The number of benzene rings is 1. The van der Waals surface area contributed by atoms with Crippen LogP contribution in [0.1, 0.15) is 19.4 Å². The molecule has 2 aromatic rings. The average Bonchev–Trinajstić information content (AvgIpc) is 2.86. The second-order valence-corrected chi connectivity index (χ2v) is 5.46. The van der Waals surface area contributed by atoms with Gasteiger partial charge in [-0.05, 0) is 36.1 Å². The summed E-state index contributed by atoms with van der Waals surface area (Å²) in [4.78, 5) is 0. The molecule has 1 aromatic heterocycles. The first-order chi connectivity index (χ1) is 9.60. The molecule has 108 valence electrons. The molecular weight excluding hydrogens is 250 g/mol. The monoisotopic (exact) mass is 273 g/mol. The molecule has 0 radical (unpaired) electrons. The van der Waals surface area contributed by atoms with Crippen LogP contribution in [0.4, 0.5) is 0 Å². The van der Waals surface area contributed by atoms with Gasteiger partial charge in [-0.3, -0.25) is 4.68 Å². The van der Waals surface area contributed by atoms with Crippen molar-refractivity contribution in [3.63, 3.8) is 0 Å². The van der Waals surface area contributed by atoms with Gasteiger partial charge in [0, 0.05) is 18.3 Å². The van der Waals surface area contributed by atoms with Crippen molar-refractivity contribution in [3.05, 3.63) is 36.2 Å². The number of nitrogens with zero attached hydrogens (tertiary/aromatic N) is 2. The molecule has 0 aliphatic heterocycles. The normalized spacial score (nSPS) is 11.1. The lowest BCUT2D eigenvalue weighted by Gasteiger charge is -2.11. The van der Waals surface area contributed by atoms with Crippen LogP contribution in [-0.4, -0.2) is 22.9 Å². The number of hydrogen-bond acceptors (Lipinski definition) is 3. The van der Waals surface area contributed by atoms with E-state index >= 15 is 0 Å². The maximum atomic E-state index is 5.79. The van der Waals surface area contributed by atoms with E-state index < -0.39 is 0 Å². The molecule has 0 aliphatic carbocycles. The second-order valence-electron chi connectivity index (χ2n) is 5.46. The predicted molar refractivity (Wildman–Crippen MR) is 81.8 cm³/mol. The highest BCUT2D eigenvalue weighted by molar-refractivity contribution is 5.67. The minimum absolute atomic E-state index is 0.520. The fraction of sp³-hybridized carbons (Fsp3) is 0.438. The first kappa shape index (κ1) is 14.6. The van der Waals surface area contributed by atoms with E-state index in [-0.39, 0.29) is 0 Å². The average molecular weight is 273 g/mol. The summed E-state index contributed by atoms with van der Waals surface area (Å²) < 4.78 is 7.66. The van der Waals surface area contributed by atoms with Crippen LogP contribution in [0, 0.1) is 12.8 Å². The van der Waals surface area contributed by atoms with E-state index in [4.69, 9.17) is 10.5 Å². The Morgan fingerprint density at radius 2 is 2.15 bits per heavy atom. The summed E-state index contributed by atoms with van der Waals surface area (Å²) in [6, 6.07) is 6.19. The molecule has 20 heavy (non-hydrogen) atoms. The summed E-state index contributed by atoms with van der Waals surface area (Å²) in [6.07, 6.45) is 3.91. The van der Waals surface area contributed by atoms with Gasteiger partial charge in [-0.15, -0.1) is 0 Å². The predicted octanol–water partition coefficient (Wildman–Crippen LogP) is 2.85. The first-order valence-electron chi connectivity index (χ1n) is 7.06. The molecule has 0 fully saturated rings. The van der Waals surface area contributed by atoms with Crippen molar-refractivity contribution in [2.45, 2.75) is 27.3 Å². The zero-order valence-corrected chi connectivity index (χ0v) is 12.5. The molecule has 2 rings (SSSR count). The molecule has 0 bridgehead atoms. The van der Waals surface area contributed by atoms with Gasteiger partial charge in [0.1, 0.15) is 5.75 Å². The smallest absolute Gasteiger partial charge is 0.119 e. The van der Waals surface area contributed by atoms with Crippen LogP contribution in [0.5, 0.6) is 5.75 Å². The Balaban J connectivity index is 2.22. The van der Waals surface area contributed by atoms with Gasteiger partial charge in [0.2, 0.25) is 0 Å². The van der Waals surface area contributed by atoms with Crippen molar-refractivity contribution in [1.29, 1.82) is 0 Å². The SMILES string of the molecule is Cc1ccc(OCC(C)C)cc1-c1cnn(CCN)c1. The second kappa shape index (κ2) is 6.57. The fourth-order valence-electron chi connectivity index (χ4n) is 2.02. The summed E-state index contributed by atoms with van der Waals surface area (Å²) in [7, 11) is 0. The molecule has 0 unspecified atom stereocenters. The highest BCUT2D eigenvalue weighted by Gasteiger charge is 2.07. The van der Waals surface area contributed by atoms with Crippen LogP contribution in [0.2, 0.25) is 0 Å². The third-order valence-corrected chi connectivity index (χ3v) is 3.09. The largest absolute Gasteiger partial charge is 0.493 e. The fourth-order valence-corrected chi connectivity index (χ4v) is 2.02. The van der Waals surface area contributed by atoms with E-state index in [1.165, 1.54) is 5.56 Å². The van der Waals surface area contributed by atoms with Gasteiger partial charge >= 0.3 is 0 Å². The third kappa shape index (κ3) is 3.61. The van der Waals surface area contributed by atoms with Gasteiger partial charge in [-0.25, -0.2) is 0 Å². The maximum absolute atomic E-state index is 5.79. The van der Waals surface area contributed by atoms with E-state index in [9.17, 15) is 0 Å². The minimum Gasteiger partial charge on any atom is -0.493 e. The lowest BCUT2D eigenvalue weighted by atomic mass is 10.0. The Hall–Kier alpha value is -1.81. The van der Waals surface area contributed by atoms with Crippen molar-refractivity contribution >= 4 is 0 Å². The molecule has 1 aromatic carbocycles. The number of rotatable bonds is 6. The van der Waals surface area contributed by atoms with Gasteiger partial charge in [0.05, 0.1) is 19.3 Å². The summed E-state index contributed by atoms with van der Waals surface area (Å²) in [6.45, 7) is 8.45. The van der Waals surface area contributed by atoms with Gasteiger partial charge in [-0.2, -0.15) is 5.10 Å². The Morgan fingerprint density at radius 1 is 1.35 bits per heavy atom. The molecule has 2 N–H and O–H groups in total. The van der Waals surface area contributed by atoms with Gasteiger partial charge in [0.25, 0.3) is 0 Å². The Labute approximate surface area is 120 Å². The van der Waals surface area contributed by atoms with Crippen molar-refractivity contribution in [1.82, 2.24) is 9.78 Å². The summed E-state index contributed by atoms with van der Waals surface area (Å²) in [5, 5.41) is 4.32. The zero-order chi connectivity index (χ0) is 14.5. The van der Waals surface area contributed by atoms with Crippen LogP contribution in [0.3, 0.4) is 0 Å². The van der Waals surface area contributed by atoms with E-state index in [1.807, 2.05) is 23.1 Å². The maximum Gasteiger partial charge on any atom is 0.119 e. The third-order valence-electron chi connectivity index (χ3n) is 3.09. The molecule has 0 spiro atoms. The van der Waals surface area contributed by atoms with Gasteiger partial charge in [-0.1, -0.05) is 19.9 Å². The molecule has 0 aliphatic rings. The quantitative estimate of drug-likeness (QED) is 0.880. The Morgan fingerprint density at radius 3 is 2.85 bits per heavy atom. The lowest BCUT2D eigenvalue weighted by Crippen LogP contribution is -2.09. The highest BCUT2D eigenvalue weighted by Crippen LogP contribution is 2.27. The first-order valence-corrected chi connectivity index (χ1v) is 7.06. The highest BCUT2D eigenvalue weighted by atomic mass is 16.5. The van der Waals surface area contributed by atoms with Crippen LogP contribution < -0.4 is 10.5 Å². The molecule has 0 amide bonds. The molecule has 0 saturated carbocycles. The van der Waals surface area contributed by atoms with E-state index in [1.54, 1.807) is 0 Å². The molecule has 0 atom stereocenters. The minimum atomic E-state index is 0.520. The number of aryl methyl sites for hydroxylation is 1. The van der Waals surface area contributed by atoms with E-state index in [0.717, 1.165) is 30.0 Å². The number of ether oxygens (including phenoxy) is 1. The van der Waals surface area contributed by atoms with Crippen LogP contribution in [-0.2, 0) is 6.54 Å². The van der Waals surface area contributed by atoms with Crippen LogP contribution in [0.25, 0.3) is 11.1 Å². The van der Waals surface area contributed by atoms with E-state index in [0.29, 0.717) is 12.5 Å². The van der Waals surface area contributed by atoms with Gasteiger partial charge in [0.15, 0.2) is 0 Å². The molecule has 0 saturated heterocycles. The Kier molecular flexibility index (Phi) is 4.79. The van der Waals surface area contributed by atoms with Crippen molar-refractivity contribution in [2.75, 3.05) is 13.2 Å². The zero-order valence-electron chi connectivity index (χ0n) is 12.5. The standard InChI is InChI=1S/C16H23N3O/c1-12(2)11-20-15-5-4-13(3)16(8-15)14-9-18-19(10-14)7-6-17/h4-5,8-10,12H,6-7,11,17H2,1-3H3. The van der Waals surface area contributed by atoms with Crippen LogP contribution in [0.15, 0.2) is 30.6 Å². The summed E-state index contributed by atoms with van der Waals surface area (Å²) in [5.74, 6) is 1.43. The lowest BCUT2D eigenvalue weighted by molar-refractivity contribution is 0.271. The number of nitrogens with two attached hydrogens (primary N) is 1. The Bertz CT molecular complexity index is 561. The van der Waals surface area contributed by atoms with Crippen molar-refractivity contribution < 1.29 is 4.74 Å². The number of hydrogen-bond donors (Lipinski definition) is 1. The van der Waals surface area contributed by atoms with E-state index in [2.05, 4.69) is 38.0 Å². The number of aromatic nitrogens is 2. The summed E-state index contributed by atoms with van der Waals surface area (Å²) >= 11 is 0. The molecule has 4 nitrogen and oxygen atoms in total. The van der Waals surface area contributed by atoms with Crippen molar-refractivity contribution in [2.24, 2.45) is 11.7 Å². The molecular formula is C16H23N3O. The molecule has 1 heterocycles. The van der Waals surface area contributed by atoms with Crippen LogP contribution >= 0.6 is 0 Å². The van der Waals surface area contributed by atoms with Crippen molar-refractivity contribution in [3.8, 4) is 16.9 Å². The topological polar surface area (TPSA) is 53.1 Å².